The molecule has 0 spiro atoms. The summed E-state index contributed by atoms with van der Waals surface area (Å²) in [5.41, 5.74) is 4.68. The summed E-state index contributed by atoms with van der Waals surface area (Å²) in [6.45, 7) is 0. The molecule has 5 nitrogen and oxygen atoms in total. The molecule has 1 aromatic rings. The maximum atomic E-state index is 12.6. The number of aliphatic carboxylic acids is 1. The summed E-state index contributed by atoms with van der Waals surface area (Å²) in [5, 5.41) is 8.53. The zero-order chi connectivity index (χ0) is 12.3. The molecule has 7 heteroatoms. The molecule has 0 bridgehead atoms. The minimum absolute atomic E-state index is 0.00411. The number of ether oxygens (including phenoxy) is 1. The Kier molecular flexibility index (Phi) is 3.60. The van der Waals surface area contributed by atoms with E-state index >= 15 is 0 Å². The van der Waals surface area contributed by atoms with Gasteiger partial charge in [0.05, 0.1) is 19.2 Å². The van der Waals surface area contributed by atoms with Crippen molar-refractivity contribution in [2.45, 2.75) is 12.8 Å². The zero-order valence-corrected chi connectivity index (χ0v) is 8.41. The number of methoxy groups -OCH3 is 1. The number of carboxylic acid groups (broad SMARTS) is 1. The number of carbonyl (C=O) groups is 1. The molecule has 3 N–H and O–H groups in total. The van der Waals surface area contributed by atoms with Crippen molar-refractivity contribution < 1.29 is 23.4 Å². The molecule has 88 valence electrons. The van der Waals surface area contributed by atoms with E-state index in [1.807, 2.05) is 0 Å². The van der Waals surface area contributed by atoms with Crippen LogP contribution in [0.3, 0.4) is 0 Å². The van der Waals surface area contributed by atoms with Crippen LogP contribution < -0.4 is 10.5 Å². The fraction of sp³-hybridized carbons (Fsp3) is 0.333. The van der Waals surface area contributed by atoms with Gasteiger partial charge in [-0.2, -0.15) is 0 Å². The van der Waals surface area contributed by atoms with E-state index in [0.717, 1.165) is 6.07 Å². The first-order valence-corrected chi connectivity index (χ1v) is 4.29. The number of pyridine rings is 1. The maximum Gasteiger partial charge on any atom is 0.309 e. The molecule has 0 saturated heterocycles. The molecule has 0 radical (unpaired) electrons. The summed E-state index contributed by atoms with van der Waals surface area (Å²) >= 11 is 0. The summed E-state index contributed by atoms with van der Waals surface area (Å²) in [6, 6.07) is 1.01. The van der Waals surface area contributed by atoms with Gasteiger partial charge in [0.1, 0.15) is 0 Å². The van der Waals surface area contributed by atoms with Gasteiger partial charge < -0.3 is 15.6 Å². The van der Waals surface area contributed by atoms with Gasteiger partial charge >= 0.3 is 5.97 Å². The number of rotatable bonds is 4. The van der Waals surface area contributed by atoms with Crippen LogP contribution in [-0.2, 0) is 11.2 Å². The normalized spacial score (nSPS) is 10.5. The molecule has 1 rings (SSSR count). The van der Waals surface area contributed by atoms with Gasteiger partial charge in [0.25, 0.3) is 6.43 Å². The third-order valence-electron chi connectivity index (χ3n) is 1.90. The quantitative estimate of drug-likeness (QED) is 0.815. The average molecular weight is 232 g/mol. The molecule has 0 saturated carbocycles. The Bertz CT molecular complexity index is 410. The number of halogens is 2. The van der Waals surface area contributed by atoms with Crippen molar-refractivity contribution in [1.82, 2.24) is 4.98 Å². The van der Waals surface area contributed by atoms with Crippen LogP contribution in [0.4, 0.5) is 14.6 Å². The van der Waals surface area contributed by atoms with Gasteiger partial charge in [-0.25, -0.2) is 13.8 Å². The highest BCUT2D eigenvalue weighted by Crippen LogP contribution is 2.29. The molecule has 0 fully saturated rings. The lowest BCUT2D eigenvalue weighted by molar-refractivity contribution is -0.136. The van der Waals surface area contributed by atoms with E-state index in [-0.39, 0.29) is 17.3 Å². The van der Waals surface area contributed by atoms with Crippen molar-refractivity contribution in [3.8, 4) is 5.75 Å². The Balaban J connectivity index is 3.24. The van der Waals surface area contributed by atoms with Gasteiger partial charge in [-0.05, 0) is 6.07 Å². The van der Waals surface area contributed by atoms with Crippen LogP contribution >= 0.6 is 0 Å². The molecule has 1 aromatic heterocycles. The number of carboxylic acids is 1. The molecule has 16 heavy (non-hydrogen) atoms. The molecule has 0 unspecified atom stereocenters. The summed E-state index contributed by atoms with van der Waals surface area (Å²) in [4.78, 5) is 14.0. The van der Waals surface area contributed by atoms with Gasteiger partial charge in [0.2, 0.25) is 0 Å². The molecular weight excluding hydrogens is 222 g/mol. The van der Waals surface area contributed by atoms with Gasteiger partial charge in [-0.3, -0.25) is 4.79 Å². The van der Waals surface area contributed by atoms with Gasteiger partial charge in [0.15, 0.2) is 11.6 Å². The SMILES string of the molecule is COc1cc(C(F)F)c(CC(=O)O)nc1N. The summed E-state index contributed by atoms with van der Waals surface area (Å²) in [6.07, 6.45) is -3.43. The van der Waals surface area contributed by atoms with Crippen molar-refractivity contribution in [2.75, 3.05) is 12.8 Å². The second kappa shape index (κ2) is 4.73. The summed E-state index contributed by atoms with van der Waals surface area (Å²) < 4.78 is 29.9. The van der Waals surface area contributed by atoms with Crippen molar-refractivity contribution in [3.63, 3.8) is 0 Å². The van der Waals surface area contributed by atoms with Crippen LogP contribution in [0.15, 0.2) is 6.07 Å². The molecule has 0 aliphatic carbocycles. The second-order valence-electron chi connectivity index (χ2n) is 2.98. The largest absolute Gasteiger partial charge is 0.493 e. The van der Waals surface area contributed by atoms with Crippen molar-refractivity contribution in [1.29, 1.82) is 0 Å². The average Bonchev–Trinajstić information content (AvgIpc) is 2.16. The molecule has 0 amide bonds. The second-order valence-corrected chi connectivity index (χ2v) is 2.98. The topological polar surface area (TPSA) is 85.4 Å². The van der Waals surface area contributed by atoms with Crippen LogP contribution in [0.5, 0.6) is 5.75 Å². The van der Waals surface area contributed by atoms with E-state index in [0.29, 0.717) is 0 Å². The number of nitrogens with zero attached hydrogens (tertiary/aromatic N) is 1. The molecule has 1 heterocycles. The zero-order valence-electron chi connectivity index (χ0n) is 8.41. The smallest absolute Gasteiger partial charge is 0.309 e. The van der Waals surface area contributed by atoms with Crippen LogP contribution in [0.2, 0.25) is 0 Å². The van der Waals surface area contributed by atoms with E-state index < -0.39 is 24.4 Å². The number of nitrogens with two attached hydrogens (primary N) is 1. The highest BCUT2D eigenvalue weighted by atomic mass is 19.3. The van der Waals surface area contributed by atoms with E-state index in [4.69, 9.17) is 15.6 Å². The fourth-order valence-corrected chi connectivity index (χ4v) is 1.20. The van der Waals surface area contributed by atoms with E-state index in [1.54, 1.807) is 0 Å². The predicted molar refractivity (Wildman–Crippen MR) is 51.5 cm³/mol. The third-order valence-corrected chi connectivity index (χ3v) is 1.90. The minimum atomic E-state index is -2.82. The van der Waals surface area contributed by atoms with Crippen LogP contribution in [-0.4, -0.2) is 23.2 Å². The lowest BCUT2D eigenvalue weighted by atomic mass is 10.1. The molecule has 0 aliphatic rings. The first kappa shape index (κ1) is 12.2. The maximum absolute atomic E-state index is 12.6. The van der Waals surface area contributed by atoms with E-state index in [1.165, 1.54) is 7.11 Å². The predicted octanol–water partition coefficient (Wildman–Crippen LogP) is 1.24. The van der Waals surface area contributed by atoms with E-state index in [2.05, 4.69) is 4.98 Å². The Labute approximate surface area is 89.9 Å². The number of aromatic nitrogens is 1. The monoisotopic (exact) mass is 232 g/mol. The van der Waals surface area contributed by atoms with Gasteiger partial charge in [0, 0.05) is 5.56 Å². The van der Waals surface area contributed by atoms with Crippen molar-refractivity contribution >= 4 is 11.8 Å². The van der Waals surface area contributed by atoms with Crippen LogP contribution in [0.1, 0.15) is 17.7 Å². The van der Waals surface area contributed by atoms with Crippen molar-refractivity contribution in [3.05, 3.63) is 17.3 Å². The highest BCUT2D eigenvalue weighted by molar-refractivity contribution is 5.70. The molecular formula is C9H10F2N2O3. The van der Waals surface area contributed by atoms with Gasteiger partial charge in [-0.1, -0.05) is 0 Å². The summed E-state index contributed by atoms with van der Waals surface area (Å²) in [7, 11) is 1.26. The Morgan fingerprint density at radius 1 is 1.69 bits per heavy atom. The highest BCUT2D eigenvalue weighted by Gasteiger charge is 2.19. The first-order valence-electron chi connectivity index (χ1n) is 4.29. The number of anilines is 1. The minimum Gasteiger partial charge on any atom is -0.493 e. The molecule has 0 aliphatic heterocycles. The molecule has 0 atom stereocenters. The fourth-order valence-electron chi connectivity index (χ4n) is 1.20. The molecule has 0 aromatic carbocycles. The number of hydrogen-bond acceptors (Lipinski definition) is 4. The van der Waals surface area contributed by atoms with Crippen molar-refractivity contribution in [2.24, 2.45) is 0 Å². The first-order chi connectivity index (χ1) is 7.45. The number of alkyl halides is 2. The third kappa shape index (κ3) is 2.56. The van der Waals surface area contributed by atoms with Crippen LogP contribution in [0.25, 0.3) is 0 Å². The lowest BCUT2D eigenvalue weighted by Crippen LogP contribution is -2.09. The van der Waals surface area contributed by atoms with Gasteiger partial charge in [-0.15, -0.1) is 0 Å². The lowest BCUT2D eigenvalue weighted by Gasteiger charge is -2.10. The number of nitrogen functional groups attached to an aromatic ring is 1. The van der Waals surface area contributed by atoms with E-state index in [9.17, 15) is 13.6 Å². The van der Waals surface area contributed by atoms with Crippen LogP contribution in [0, 0.1) is 0 Å². The Morgan fingerprint density at radius 3 is 2.75 bits per heavy atom. The Hall–Kier alpha value is -1.92. The summed E-state index contributed by atoms with van der Waals surface area (Å²) in [5.74, 6) is -1.36. The Morgan fingerprint density at radius 2 is 2.31 bits per heavy atom. The standard InChI is InChI=1S/C9H10F2N2O3/c1-16-6-2-4(8(10)11)5(3-7(14)15)13-9(6)12/h2,8H,3H2,1H3,(H2,12,13)(H,14,15). The number of hydrogen-bond donors (Lipinski definition) is 2.